The molecule has 224 valence electrons. The van der Waals surface area contributed by atoms with E-state index in [-0.39, 0.29) is 19.1 Å². The monoisotopic (exact) mass is 589 g/mol. The molecule has 2 amide bonds. The van der Waals surface area contributed by atoms with Crippen LogP contribution in [0.1, 0.15) is 46.3 Å². The zero-order chi connectivity index (χ0) is 31.3. The molecule has 0 aliphatic heterocycles. The van der Waals surface area contributed by atoms with Crippen LogP contribution in [0.3, 0.4) is 0 Å². The van der Waals surface area contributed by atoms with Gasteiger partial charge in [-0.2, -0.15) is 5.26 Å². The number of amides is 2. The molecule has 2 atom stereocenters. The van der Waals surface area contributed by atoms with Crippen molar-refractivity contribution in [3.63, 3.8) is 0 Å². The molecule has 0 radical (unpaired) electrons. The van der Waals surface area contributed by atoms with Gasteiger partial charge in [0.2, 0.25) is 5.91 Å². The van der Waals surface area contributed by atoms with Crippen molar-refractivity contribution >= 4 is 23.5 Å². The molecular formula is C36H35N3O5. The Bertz CT molecular complexity index is 1530. The van der Waals surface area contributed by atoms with Crippen molar-refractivity contribution in [1.29, 1.82) is 5.26 Å². The number of nitrogens with zero attached hydrogens (tertiary/aromatic N) is 2. The van der Waals surface area contributed by atoms with E-state index < -0.39 is 29.9 Å². The van der Waals surface area contributed by atoms with Crippen LogP contribution in [0, 0.1) is 11.3 Å². The number of rotatable bonds is 13. The predicted molar refractivity (Wildman–Crippen MR) is 168 cm³/mol. The van der Waals surface area contributed by atoms with E-state index in [1.807, 2.05) is 73.7 Å². The third-order valence-electron chi connectivity index (χ3n) is 7.18. The Kier molecular flexibility index (Phi) is 11.4. The van der Waals surface area contributed by atoms with E-state index in [1.165, 1.54) is 12.0 Å². The minimum absolute atomic E-state index is 0.0966. The fraction of sp³-hybridized carbons (Fsp3) is 0.222. The van der Waals surface area contributed by atoms with Crippen molar-refractivity contribution in [2.75, 3.05) is 18.6 Å². The molecule has 0 aliphatic rings. The molecule has 44 heavy (non-hydrogen) atoms. The van der Waals surface area contributed by atoms with Gasteiger partial charge < -0.3 is 14.8 Å². The normalized spacial score (nSPS) is 12.0. The van der Waals surface area contributed by atoms with Crippen LogP contribution in [0.5, 0.6) is 0 Å². The number of anilines is 1. The Balaban J connectivity index is 1.55. The third kappa shape index (κ3) is 7.97. The summed E-state index contributed by atoms with van der Waals surface area (Å²) in [5, 5.41) is 13.2. The Morgan fingerprint density at radius 3 is 1.98 bits per heavy atom. The lowest BCUT2D eigenvalue weighted by Crippen LogP contribution is -2.53. The molecule has 1 N–H and O–H groups in total. The van der Waals surface area contributed by atoms with Crippen molar-refractivity contribution in [3.05, 3.63) is 138 Å². The highest BCUT2D eigenvalue weighted by molar-refractivity contribution is 6.01. The largest absolute Gasteiger partial charge is 0.465 e. The van der Waals surface area contributed by atoms with Gasteiger partial charge in [0.25, 0.3) is 5.91 Å². The minimum atomic E-state index is -0.987. The standard InChI is InChI=1S/C36H35N3O5/c1-3-32(38-34(40)33(27-15-7-4-8-16-27)28-17-9-5-10-18-28)35(41)39(30-20-11-6-12-21-30)31(23-37)25-44-24-26-14-13-19-29(22-26)36(42)43-2/h4-22,31-33H,3,24-25H2,1-2H3,(H,38,40)/t31-,32-/m0/s1. The van der Waals surface area contributed by atoms with Gasteiger partial charge in [-0.1, -0.05) is 97.9 Å². The molecule has 0 bridgehead atoms. The molecule has 0 aromatic heterocycles. The van der Waals surface area contributed by atoms with Crippen LogP contribution in [0.2, 0.25) is 0 Å². The number of methoxy groups -OCH3 is 1. The maximum atomic E-state index is 14.1. The van der Waals surface area contributed by atoms with Gasteiger partial charge in [0, 0.05) is 5.69 Å². The Morgan fingerprint density at radius 2 is 1.43 bits per heavy atom. The summed E-state index contributed by atoms with van der Waals surface area (Å²) in [4.78, 5) is 41.3. The van der Waals surface area contributed by atoms with Crippen molar-refractivity contribution in [3.8, 4) is 6.07 Å². The van der Waals surface area contributed by atoms with Crippen LogP contribution >= 0.6 is 0 Å². The summed E-state index contributed by atoms with van der Waals surface area (Å²) in [6, 6.07) is 34.9. The SMILES string of the molecule is CC[C@H](NC(=O)C(c1ccccc1)c1ccccc1)C(=O)N(c1ccccc1)[C@@H](C#N)COCc1cccc(C(=O)OC)c1. The van der Waals surface area contributed by atoms with E-state index in [4.69, 9.17) is 9.47 Å². The van der Waals surface area contributed by atoms with Crippen LogP contribution in [0.25, 0.3) is 0 Å². The Morgan fingerprint density at radius 1 is 0.841 bits per heavy atom. The van der Waals surface area contributed by atoms with E-state index in [9.17, 15) is 19.6 Å². The van der Waals surface area contributed by atoms with E-state index in [0.29, 0.717) is 23.2 Å². The zero-order valence-corrected chi connectivity index (χ0v) is 24.8. The number of hydrogen-bond donors (Lipinski definition) is 1. The summed E-state index contributed by atoms with van der Waals surface area (Å²) >= 11 is 0. The van der Waals surface area contributed by atoms with Gasteiger partial charge in [-0.15, -0.1) is 0 Å². The summed E-state index contributed by atoms with van der Waals surface area (Å²) in [5.74, 6) is -1.82. The van der Waals surface area contributed by atoms with Crippen molar-refractivity contribution in [2.24, 2.45) is 0 Å². The topological polar surface area (TPSA) is 109 Å². The third-order valence-corrected chi connectivity index (χ3v) is 7.18. The summed E-state index contributed by atoms with van der Waals surface area (Å²) < 4.78 is 10.7. The molecule has 0 saturated carbocycles. The molecule has 0 aliphatic carbocycles. The lowest BCUT2D eigenvalue weighted by Gasteiger charge is -2.31. The number of nitrogens with one attached hydrogen (secondary N) is 1. The van der Waals surface area contributed by atoms with Crippen molar-refractivity contribution in [2.45, 2.75) is 38.0 Å². The van der Waals surface area contributed by atoms with Gasteiger partial charge >= 0.3 is 5.97 Å². The molecule has 8 heteroatoms. The second-order valence-corrected chi connectivity index (χ2v) is 10.1. The summed E-state index contributed by atoms with van der Waals surface area (Å²) in [5.41, 5.74) is 3.22. The Labute approximate surface area is 257 Å². The number of hydrogen-bond acceptors (Lipinski definition) is 6. The molecule has 0 unspecified atom stereocenters. The number of para-hydroxylation sites is 1. The number of ether oxygens (including phenoxy) is 2. The number of nitriles is 1. The van der Waals surface area contributed by atoms with Gasteiger partial charge in [-0.05, 0) is 47.4 Å². The van der Waals surface area contributed by atoms with Crippen LogP contribution in [0.15, 0.2) is 115 Å². The summed E-state index contributed by atoms with van der Waals surface area (Å²) in [6.45, 7) is 1.84. The zero-order valence-electron chi connectivity index (χ0n) is 24.8. The van der Waals surface area contributed by atoms with Gasteiger partial charge in [-0.3, -0.25) is 14.5 Å². The Hall–Kier alpha value is -5.26. The van der Waals surface area contributed by atoms with Crippen LogP contribution in [0.4, 0.5) is 5.69 Å². The second-order valence-electron chi connectivity index (χ2n) is 10.1. The fourth-order valence-corrected chi connectivity index (χ4v) is 4.96. The van der Waals surface area contributed by atoms with Crippen molar-refractivity contribution in [1.82, 2.24) is 5.32 Å². The highest BCUT2D eigenvalue weighted by Gasteiger charge is 2.33. The van der Waals surface area contributed by atoms with E-state index in [2.05, 4.69) is 11.4 Å². The first-order chi connectivity index (χ1) is 21.5. The molecule has 4 aromatic rings. The molecule has 0 saturated heterocycles. The highest BCUT2D eigenvalue weighted by Crippen LogP contribution is 2.26. The average Bonchev–Trinajstić information content (AvgIpc) is 3.07. The lowest BCUT2D eigenvalue weighted by molar-refractivity contribution is -0.128. The second kappa shape index (κ2) is 15.8. The molecule has 0 fully saturated rings. The van der Waals surface area contributed by atoms with E-state index in [0.717, 1.165) is 11.1 Å². The number of benzene rings is 4. The molecule has 0 heterocycles. The minimum Gasteiger partial charge on any atom is -0.465 e. The molecule has 0 spiro atoms. The van der Waals surface area contributed by atoms with Gasteiger partial charge in [0.1, 0.15) is 12.1 Å². The lowest BCUT2D eigenvalue weighted by atomic mass is 9.90. The maximum Gasteiger partial charge on any atom is 0.337 e. The van der Waals surface area contributed by atoms with Crippen LogP contribution in [-0.2, 0) is 25.7 Å². The van der Waals surface area contributed by atoms with E-state index >= 15 is 0 Å². The van der Waals surface area contributed by atoms with Crippen LogP contribution < -0.4 is 10.2 Å². The summed E-state index contributed by atoms with van der Waals surface area (Å²) in [7, 11) is 1.31. The maximum absolute atomic E-state index is 14.1. The summed E-state index contributed by atoms with van der Waals surface area (Å²) in [6.07, 6.45) is 0.309. The van der Waals surface area contributed by atoms with Crippen molar-refractivity contribution < 1.29 is 23.9 Å². The number of esters is 1. The molecule has 4 aromatic carbocycles. The van der Waals surface area contributed by atoms with Gasteiger partial charge in [0.05, 0.1) is 37.9 Å². The first-order valence-corrected chi connectivity index (χ1v) is 14.4. The number of carbonyl (C=O) groups is 3. The molecular weight excluding hydrogens is 554 g/mol. The van der Waals surface area contributed by atoms with Gasteiger partial charge in [0.15, 0.2) is 0 Å². The first-order valence-electron chi connectivity index (χ1n) is 14.4. The quantitative estimate of drug-likeness (QED) is 0.202. The highest BCUT2D eigenvalue weighted by atomic mass is 16.5. The number of carbonyl (C=O) groups excluding carboxylic acids is 3. The van der Waals surface area contributed by atoms with Crippen LogP contribution in [-0.4, -0.2) is 43.6 Å². The first kappa shape index (κ1) is 31.7. The predicted octanol–water partition coefficient (Wildman–Crippen LogP) is 5.64. The average molecular weight is 590 g/mol. The fourth-order valence-electron chi connectivity index (χ4n) is 4.96. The molecule has 8 nitrogen and oxygen atoms in total. The smallest absolute Gasteiger partial charge is 0.337 e. The van der Waals surface area contributed by atoms with E-state index in [1.54, 1.807) is 48.5 Å². The molecule has 4 rings (SSSR count). The van der Waals surface area contributed by atoms with Gasteiger partial charge in [-0.25, -0.2) is 4.79 Å².